The molecule has 60 valence electrons. The number of nitrogens with one attached hydrogen (secondary N) is 1. The molecule has 0 bridgehead atoms. The van der Waals surface area contributed by atoms with Crippen LogP contribution in [-0.4, -0.2) is 22.9 Å². The first kappa shape index (κ1) is 7.71. The zero-order chi connectivity index (χ0) is 8.43. The summed E-state index contributed by atoms with van der Waals surface area (Å²) in [6, 6.07) is 0. The fourth-order valence-electron chi connectivity index (χ4n) is 0.929. The Bertz CT molecular complexity index is 223. The second kappa shape index (κ2) is 2.69. The number of carboxylic acid groups (broad SMARTS) is 1. The average Bonchev–Trinajstić information content (AvgIpc) is 1.85. The quantitative estimate of drug-likeness (QED) is 0.382. The van der Waals surface area contributed by atoms with Crippen LogP contribution >= 0.6 is 0 Å². The highest BCUT2D eigenvalue weighted by molar-refractivity contribution is 6.06. The van der Waals surface area contributed by atoms with Crippen molar-refractivity contribution in [2.75, 3.05) is 0 Å². The monoisotopic (exact) mass is 157 g/mol. The zero-order valence-electron chi connectivity index (χ0n) is 5.66. The lowest BCUT2D eigenvalue weighted by Gasteiger charge is -2.16. The summed E-state index contributed by atoms with van der Waals surface area (Å²) in [4.78, 5) is 31.5. The van der Waals surface area contributed by atoms with Crippen LogP contribution in [0.15, 0.2) is 0 Å². The molecule has 0 aliphatic carbocycles. The second-order valence-electron chi connectivity index (χ2n) is 2.34. The summed E-state index contributed by atoms with van der Waals surface area (Å²) in [5.41, 5.74) is 0. The van der Waals surface area contributed by atoms with E-state index >= 15 is 0 Å². The number of hydrogen-bond acceptors (Lipinski definition) is 3. The molecule has 0 saturated carbocycles. The first-order chi connectivity index (χ1) is 5.11. The van der Waals surface area contributed by atoms with E-state index in [0.717, 1.165) is 0 Å². The largest absolute Gasteiger partial charge is 0.481 e. The minimum absolute atomic E-state index is 0.111. The summed E-state index contributed by atoms with van der Waals surface area (Å²) < 4.78 is 0. The van der Waals surface area contributed by atoms with E-state index < -0.39 is 23.7 Å². The van der Waals surface area contributed by atoms with E-state index in [1.165, 1.54) is 0 Å². The fourth-order valence-corrected chi connectivity index (χ4v) is 0.929. The number of imide groups is 1. The predicted molar refractivity (Wildman–Crippen MR) is 33.5 cm³/mol. The van der Waals surface area contributed by atoms with Crippen molar-refractivity contribution in [3.8, 4) is 0 Å². The van der Waals surface area contributed by atoms with Crippen LogP contribution in [0, 0.1) is 5.92 Å². The van der Waals surface area contributed by atoms with E-state index in [2.05, 4.69) is 0 Å². The SMILES string of the molecule is O=C1CC[C@H](C(=O)O)C(=O)N1. The minimum atomic E-state index is -1.17. The molecule has 0 spiro atoms. The third-order valence-corrected chi connectivity index (χ3v) is 1.54. The van der Waals surface area contributed by atoms with Crippen LogP contribution in [0.25, 0.3) is 0 Å². The lowest BCUT2D eigenvalue weighted by atomic mass is 9.99. The molecule has 1 heterocycles. The summed E-state index contributed by atoms with van der Waals surface area (Å²) in [5.74, 6) is -3.32. The van der Waals surface area contributed by atoms with E-state index in [1.807, 2.05) is 5.32 Å². The van der Waals surface area contributed by atoms with Crippen molar-refractivity contribution in [2.24, 2.45) is 5.92 Å². The normalized spacial score (nSPS) is 24.5. The summed E-state index contributed by atoms with van der Waals surface area (Å²) in [6.45, 7) is 0. The van der Waals surface area contributed by atoms with Crippen LogP contribution in [-0.2, 0) is 14.4 Å². The summed E-state index contributed by atoms with van der Waals surface area (Å²) in [6.07, 6.45) is 0.225. The van der Waals surface area contributed by atoms with E-state index in [4.69, 9.17) is 5.11 Å². The van der Waals surface area contributed by atoms with Gasteiger partial charge in [-0.3, -0.25) is 19.7 Å². The van der Waals surface area contributed by atoms with Gasteiger partial charge in [-0.25, -0.2) is 0 Å². The Morgan fingerprint density at radius 1 is 1.55 bits per heavy atom. The molecule has 11 heavy (non-hydrogen) atoms. The van der Waals surface area contributed by atoms with Crippen molar-refractivity contribution in [1.29, 1.82) is 0 Å². The molecule has 1 atom stereocenters. The highest BCUT2D eigenvalue weighted by Crippen LogP contribution is 2.11. The molecule has 2 N–H and O–H groups in total. The van der Waals surface area contributed by atoms with Gasteiger partial charge in [0.1, 0.15) is 5.92 Å². The second-order valence-corrected chi connectivity index (χ2v) is 2.34. The topological polar surface area (TPSA) is 83.5 Å². The number of carbonyl (C=O) groups is 3. The van der Waals surface area contributed by atoms with Crippen LogP contribution < -0.4 is 5.32 Å². The zero-order valence-corrected chi connectivity index (χ0v) is 5.66. The number of amides is 2. The van der Waals surface area contributed by atoms with Crippen molar-refractivity contribution in [1.82, 2.24) is 5.32 Å². The third-order valence-electron chi connectivity index (χ3n) is 1.54. The third kappa shape index (κ3) is 1.54. The highest BCUT2D eigenvalue weighted by Gasteiger charge is 2.31. The molecule has 2 amide bonds. The Labute approximate surface area is 62.4 Å². The lowest BCUT2D eigenvalue weighted by molar-refractivity contribution is -0.150. The van der Waals surface area contributed by atoms with E-state index in [1.54, 1.807) is 0 Å². The Morgan fingerprint density at radius 3 is 2.64 bits per heavy atom. The highest BCUT2D eigenvalue weighted by atomic mass is 16.4. The van der Waals surface area contributed by atoms with Crippen molar-refractivity contribution >= 4 is 17.8 Å². The van der Waals surface area contributed by atoms with Crippen LogP contribution in [0.1, 0.15) is 12.8 Å². The number of rotatable bonds is 1. The fraction of sp³-hybridized carbons (Fsp3) is 0.500. The molecule has 5 heteroatoms. The average molecular weight is 157 g/mol. The Balaban J connectivity index is 2.65. The van der Waals surface area contributed by atoms with Gasteiger partial charge in [0.2, 0.25) is 11.8 Å². The van der Waals surface area contributed by atoms with Gasteiger partial charge in [-0.2, -0.15) is 0 Å². The lowest BCUT2D eigenvalue weighted by Crippen LogP contribution is -2.43. The van der Waals surface area contributed by atoms with Gasteiger partial charge in [0.15, 0.2) is 0 Å². The van der Waals surface area contributed by atoms with Gasteiger partial charge >= 0.3 is 5.97 Å². The van der Waals surface area contributed by atoms with E-state index in [0.29, 0.717) is 0 Å². The number of carboxylic acids is 1. The summed E-state index contributed by atoms with van der Waals surface area (Å²) in [5, 5.41) is 10.4. The molecule has 0 aromatic carbocycles. The molecule has 0 unspecified atom stereocenters. The molecular weight excluding hydrogens is 150 g/mol. The molecule has 1 fully saturated rings. The Morgan fingerprint density at radius 2 is 2.18 bits per heavy atom. The smallest absolute Gasteiger partial charge is 0.316 e. The van der Waals surface area contributed by atoms with E-state index in [-0.39, 0.29) is 12.8 Å². The number of carbonyl (C=O) groups excluding carboxylic acids is 2. The maximum absolute atomic E-state index is 10.7. The maximum atomic E-state index is 10.7. The molecule has 0 aromatic rings. The van der Waals surface area contributed by atoms with E-state index in [9.17, 15) is 14.4 Å². The van der Waals surface area contributed by atoms with Crippen LogP contribution in [0.2, 0.25) is 0 Å². The maximum Gasteiger partial charge on any atom is 0.316 e. The van der Waals surface area contributed by atoms with Crippen LogP contribution in [0.5, 0.6) is 0 Å². The minimum Gasteiger partial charge on any atom is -0.481 e. The Hall–Kier alpha value is -1.39. The predicted octanol–water partition coefficient (Wildman–Crippen LogP) is -0.876. The van der Waals surface area contributed by atoms with Gasteiger partial charge in [-0.15, -0.1) is 0 Å². The molecule has 1 rings (SSSR count). The van der Waals surface area contributed by atoms with Crippen LogP contribution in [0.4, 0.5) is 0 Å². The van der Waals surface area contributed by atoms with Crippen molar-refractivity contribution in [2.45, 2.75) is 12.8 Å². The first-order valence-electron chi connectivity index (χ1n) is 3.18. The van der Waals surface area contributed by atoms with Gasteiger partial charge in [0.05, 0.1) is 0 Å². The van der Waals surface area contributed by atoms with Gasteiger partial charge in [-0.05, 0) is 6.42 Å². The standard InChI is InChI=1S/C6H7NO4/c8-4-2-1-3(6(10)11)5(9)7-4/h3H,1-2H2,(H,10,11)(H,7,8,9)/t3-/m0/s1. The molecule has 5 nitrogen and oxygen atoms in total. The van der Waals surface area contributed by atoms with Gasteiger partial charge in [0, 0.05) is 6.42 Å². The molecule has 0 radical (unpaired) electrons. The molecular formula is C6H7NO4. The van der Waals surface area contributed by atoms with Gasteiger partial charge < -0.3 is 5.11 Å². The molecule has 1 aliphatic rings. The Kier molecular flexibility index (Phi) is 1.89. The molecule has 0 aromatic heterocycles. The summed E-state index contributed by atoms with van der Waals surface area (Å²) >= 11 is 0. The molecule has 1 aliphatic heterocycles. The van der Waals surface area contributed by atoms with Crippen molar-refractivity contribution < 1.29 is 19.5 Å². The number of piperidine rings is 1. The first-order valence-corrected chi connectivity index (χ1v) is 3.18. The van der Waals surface area contributed by atoms with Gasteiger partial charge in [0.25, 0.3) is 0 Å². The van der Waals surface area contributed by atoms with Gasteiger partial charge in [-0.1, -0.05) is 0 Å². The molecule has 1 saturated heterocycles. The van der Waals surface area contributed by atoms with Crippen molar-refractivity contribution in [3.63, 3.8) is 0 Å². The number of aliphatic carboxylic acids is 1. The number of hydrogen-bond donors (Lipinski definition) is 2. The summed E-state index contributed by atoms with van der Waals surface area (Å²) in [7, 11) is 0. The van der Waals surface area contributed by atoms with Crippen molar-refractivity contribution in [3.05, 3.63) is 0 Å². The van der Waals surface area contributed by atoms with Crippen LogP contribution in [0.3, 0.4) is 0 Å².